The third-order valence-electron chi connectivity index (χ3n) is 8.46. The lowest BCUT2D eigenvalue weighted by Crippen LogP contribution is -2.47. The van der Waals surface area contributed by atoms with E-state index in [0.29, 0.717) is 43.1 Å². The number of rotatable bonds is 13. The average molecular weight is 817 g/mol. The number of hydrogen-bond acceptors (Lipinski definition) is 13. The topological polar surface area (TPSA) is 213 Å². The lowest BCUT2D eigenvalue weighted by atomic mass is 9.94. The Labute approximate surface area is 339 Å². The highest BCUT2D eigenvalue weighted by molar-refractivity contribution is 7.10. The van der Waals surface area contributed by atoms with E-state index >= 15 is 0 Å². The van der Waals surface area contributed by atoms with Crippen molar-refractivity contribution < 1.29 is 43.0 Å². The van der Waals surface area contributed by atoms with Gasteiger partial charge in [-0.15, -0.1) is 11.3 Å². The van der Waals surface area contributed by atoms with Gasteiger partial charge in [0.25, 0.3) is 5.91 Å². The van der Waals surface area contributed by atoms with Crippen molar-refractivity contribution in [2.75, 3.05) is 20.1 Å². The summed E-state index contributed by atoms with van der Waals surface area (Å²) in [5.74, 6) is -1.60. The van der Waals surface area contributed by atoms with E-state index in [-0.39, 0.29) is 66.2 Å². The molecule has 1 aliphatic heterocycles. The largest absolute Gasteiger partial charge is 0.460 e. The van der Waals surface area contributed by atoms with Crippen molar-refractivity contribution in [2.45, 2.75) is 131 Å². The molecule has 316 valence electrons. The maximum Gasteiger partial charge on any atom is 0.414 e. The SMILES string of the molecule is CNC(=O)[C@H](CCCCN=C(NC(=O)OC(C)(C)C)NC(=O)OC(C)(C)C)CC(=O)c1csc([C@@H]2C[C@@H](CC(=O)OC(C)(C)C)CN2C(=O)c2cn(C)c(C)n2)n1. The van der Waals surface area contributed by atoms with Crippen LogP contribution in [0.5, 0.6) is 0 Å². The van der Waals surface area contributed by atoms with E-state index in [9.17, 15) is 28.8 Å². The molecule has 0 spiro atoms. The second kappa shape index (κ2) is 19.5. The zero-order valence-corrected chi connectivity index (χ0v) is 36.2. The molecule has 0 aromatic carbocycles. The predicted molar refractivity (Wildman–Crippen MR) is 214 cm³/mol. The first kappa shape index (κ1) is 46.5. The number of carbonyl (C=O) groups is 6. The fourth-order valence-electron chi connectivity index (χ4n) is 5.99. The number of aliphatic imine (C=N–C) groups is 1. The van der Waals surface area contributed by atoms with Crippen LogP contribution in [0.25, 0.3) is 0 Å². The Morgan fingerprint density at radius 2 is 1.49 bits per heavy atom. The number of ether oxygens (including phenoxy) is 3. The summed E-state index contributed by atoms with van der Waals surface area (Å²) < 4.78 is 17.9. The number of hydrogen-bond donors (Lipinski definition) is 3. The second-order valence-electron chi connectivity index (χ2n) is 17.1. The first-order valence-corrected chi connectivity index (χ1v) is 20.0. The summed E-state index contributed by atoms with van der Waals surface area (Å²) in [6.07, 6.45) is 1.83. The Bertz CT molecular complexity index is 1750. The van der Waals surface area contributed by atoms with Gasteiger partial charge >= 0.3 is 18.2 Å². The van der Waals surface area contributed by atoms with Crippen LogP contribution in [0.15, 0.2) is 16.6 Å². The number of amides is 4. The summed E-state index contributed by atoms with van der Waals surface area (Å²) >= 11 is 1.25. The van der Waals surface area contributed by atoms with E-state index in [0.717, 1.165) is 0 Å². The molecule has 0 bridgehead atoms. The van der Waals surface area contributed by atoms with Crippen molar-refractivity contribution in [1.29, 1.82) is 0 Å². The number of nitrogens with zero attached hydrogens (tertiary/aromatic N) is 5. The summed E-state index contributed by atoms with van der Waals surface area (Å²) in [5, 5.41) is 9.70. The fraction of sp³-hybridized carbons (Fsp3) is 0.667. The molecule has 17 nitrogen and oxygen atoms in total. The van der Waals surface area contributed by atoms with E-state index in [4.69, 9.17) is 14.2 Å². The minimum atomic E-state index is -0.808. The number of thiazole rings is 1. The first-order chi connectivity index (χ1) is 26.3. The molecule has 0 unspecified atom stereocenters. The summed E-state index contributed by atoms with van der Waals surface area (Å²) in [4.78, 5) is 92.9. The van der Waals surface area contributed by atoms with Gasteiger partial charge in [0.15, 0.2) is 5.78 Å². The van der Waals surface area contributed by atoms with Crippen molar-refractivity contribution in [2.24, 2.45) is 23.9 Å². The predicted octanol–water partition coefficient (Wildman–Crippen LogP) is 5.63. The monoisotopic (exact) mass is 816 g/mol. The standard InChI is InChI=1S/C39H60N8O9S/c1-23-42-26(21-46(23)12)33(51)47-20-24(18-30(49)54-37(2,3)4)17-28(47)32-43-27(22-57-32)29(48)19-25(31(50)40-11)15-13-14-16-41-34(44-35(52)55-38(5,6)7)45-36(53)56-39(8,9)10/h21-22,24-25,28H,13-20H2,1-12H3,(H,40,50)(H2,41,44,45,52,53)/t24-,25+,28-/m0/s1. The number of unbranched alkanes of at least 4 members (excludes halogenated alkanes) is 1. The highest BCUT2D eigenvalue weighted by atomic mass is 32.1. The molecular weight excluding hydrogens is 757 g/mol. The fourth-order valence-corrected chi connectivity index (χ4v) is 6.94. The molecule has 18 heteroatoms. The number of imidazole rings is 1. The molecule has 0 saturated carbocycles. The molecule has 1 fully saturated rings. The van der Waals surface area contributed by atoms with Gasteiger partial charge in [-0.2, -0.15) is 0 Å². The van der Waals surface area contributed by atoms with Crippen LogP contribution < -0.4 is 16.0 Å². The average Bonchev–Trinajstić information content (AvgIpc) is 3.79. The van der Waals surface area contributed by atoms with E-state index in [1.54, 1.807) is 97.3 Å². The first-order valence-electron chi connectivity index (χ1n) is 19.1. The van der Waals surface area contributed by atoms with Gasteiger partial charge in [0.1, 0.15) is 39.0 Å². The van der Waals surface area contributed by atoms with E-state index in [1.807, 2.05) is 0 Å². The zero-order valence-electron chi connectivity index (χ0n) is 35.4. The summed E-state index contributed by atoms with van der Waals surface area (Å²) in [6, 6.07) is -0.492. The molecule has 3 atom stereocenters. The van der Waals surface area contributed by atoms with Gasteiger partial charge in [-0.1, -0.05) is 6.42 Å². The number of likely N-dealkylation sites (tertiary alicyclic amines) is 1. The Kier molecular flexibility index (Phi) is 15.9. The minimum absolute atomic E-state index is 0.0977. The van der Waals surface area contributed by atoms with Crippen LogP contribution in [-0.4, -0.2) is 98.1 Å². The zero-order chi connectivity index (χ0) is 42.9. The van der Waals surface area contributed by atoms with Crippen LogP contribution in [-0.2, 0) is 30.8 Å². The number of aromatic nitrogens is 3. The van der Waals surface area contributed by atoms with Crippen LogP contribution in [0.1, 0.15) is 139 Å². The molecule has 0 aliphatic carbocycles. The lowest BCUT2D eigenvalue weighted by Gasteiger charge is -2.22. The number of ketones is 1. The van der Waals surface area contributed by atoms with E-state index < -0.39 is 40.9 Å². The van der Waals surface area contributed by atoms with Gasteiger partial charge in [-0.05, 0) is 94.4 Å². The molecule has 3 N–H and O–H groups in total. The summed E-state index contributed by atoms with van der Waals surface area (Å²) in [6.45, 7) is 17.9. The van der Waals surface area contributed by atoms with Gasteiger partial charge in [-0.25, -0.2) is 19.6 Å². The highest BCUT2D eigenvalue weighted by Crippen LogP contribution is 2.39. The number of carbonyl (C=O) groups excluding carboxylic acids is 6. The molecule has 0 radical (unpaired) electrons. The molecule has 2 aromatic heterocycles. The number of alkyl carbamates (subject to hydrolysis) is 2. The summed E-state index contributed by atoms with van der Waals surface area (Å²) in [7, 11) is 3.31. The quantitative estimate of drug-likeness (QED) is 0.0563. The maximum absolute atomic E-state index is 13.8. The number of Topliss-reactive ketones (excluding diaryl/α,β-unsaturated/α-hetero) is 1. The molecular formula is C39H60N8O9S. The van der Waals surface area contributed by atoms with Crippen molar-refractivity contribution in [3.05, 3.63) is 33.8 Å². The van der Waals surface area contributed by atoms with Crippen LogP contribution in [0.2, 0.25) is 0 Å². The van der Waals surface area contributed by atoms with Crippen molar-refractivity contribution >= 4 is 53.0 Å². The Morgan fingerprint density at radius 3 is 2.02 bits per heavy atom. The second-order valence-corrected chi connectivity index (χ2v) is 18.0. The highest BCUT2D eigenvalue weighted by Gasteiger charge is 2.40. The molecule has 3 heterocycles. The van der Waals surface area contributed by atoms with Gasteiger partial charge in [-0.3, -0.25) is 34.8 Å². The van der Waals surface area contributed by atoms with Crippen molar-refractivity contribution in [1.82, 2.24) is 35.4 Å². The Morgan fingerprint density at radius 1 is 0.895 bits per heavy atom. The molecule has 1 saturated heterocycles. The van der Waals surface area contributed by atoms with Crippen molar-refractivity contribution in [3.63, 3.8) is 0 Å². The number of nitrogens with one attached hydrogen (secondary N) is 3. The third kappa shape index (κ3) is 15.5. The van der Waals surface area contributed by atoms with Gasteiger partial charge in [0.2, 0.25) is 11.9 Å². The third-order valence-corrected chi connectivity index (χ3v) is 9.41. The summed E-state index contributed by atoms with van der Waals surface area (Å²) in [5.41, 5.74) is -1.74. The van der Waals surface area contributed by atoms with Gasteiger partial charge < -0.3 is 29.0 Å². The Hall–Kier alpha value is -4.87. The minimum Gasteiger partial charge on any atom is -0.460 e. The number of aryl methyl sites for hydroxylation is 2. The molecule has 57 heavy (non-hydrogen) atoms. The molecule has 3 rings (SSSR count). The van der Waals surface area contributed by atoms with Crippen LogP contribution in [0.3, 0.4) is 0 Å². The van der Waals surface area contributed by atoms with E-state index in [1.165, 1.54) is 18.4 Å². The molecule has 4 amide bonds. The lowest BCUT2D eigenvalue weighted by molar-refractivity contribution is -0.155. The van der Waals surface area contributed by atoms with Crippen LogP contribution in [0, 0.1) is 18.8 Å². The van der Waals surface area contributed by atoms with Crippen LogP contribution in [0.4, 0.5) is 9.59 Å². The number of esters is 1. The Balaban J connectivity index is 1.70. The maximum atomic E-state index is 13.8. The number of guanidine groups is 1. The van der Waals surface area contributed by atoms with Gasteiger partial charge in [0.05, 0.1) is 12.5 Å². The smallest absolute Gasteiger partial charge is 0.414 e. The molecule has 1 aliphatic rings. The molecule has 2 aromatic rings. The van der Waals surface area contributed by atoms with Crippen molar-refractivity contribution in [3.8, 4) is 0 Å². The van der Waals surface area contributed by atoms with Gasteiger partial charge in [0, 0.05) is 51.1 Å². The normalized spacial score (nSPS) is 16.3. The van der Waals surface area contributed by atoms with Crippen LogP contribution >= 0.6 is 11.3 Å². The van der Waals surface area contributed by atoms with E-state index in [2.05, 4.69) is 30.9 Å².